The van der Waals surface area contributed by atoms with E-state index in [1.54, 1.807) is 4.90 Å². The number of anilines is 2. The third-order valence-corrected chi connectivity index (χ3v) is 7.67. The molecule has 2 aromatic carbocycles. The molecule has 1 heterocycles. The Bertz CT molecular complexity index is 1190. The molecule has 0 bridgehead atoms. The van der Waals surface area contributed by atoms with Crippen LogP contribution in [0.5, 0.6) is 0 Å². The van der Waals surface area contributed by atoms with Crippen LogP contribution >= 0.6 is 0 Å². The molecule has 1 aliphatic heterocycles. The fourth-order valence-electron chi connectivity index (χ4n) is 5.40. The Morgan fingerprint density at radius 3 is 2.08 bits per heavy atom. The molecule has 7 nitrogen and oxygen atoms in total. The molecular formula is C27H30F6N4O3. The van der Waals surface area contributed by atoms with E-state index in [1.165, 1.54) is 18.2 Å². The van der Waals surface area contributed by atoms with E-state index >= 15 is 0 Å². The van der Waals surface area contributed by atoms with E-state index < -0.39 is 34.1 Å². The summed E-state index contributed by atoms with van der Waals surface area (Å²) in [6.45, 7) is 2.05. The van der Waals surface area contributed by atoms with Gasteiger partial charge in [0, 0.05) is 56.1 Å². The lowest BCUT2D eigenvalue weighted by Crippen LogP contribution is -2.48. The lowest BCUT2D eigenvalue weighted by molar-refractivity contribution is -0.388. The van der Waals surface area contributed by atoms with Gasteiger partial charge < -0.3 is 15.1 Å². The number of nitro groups is 1. The Morgan fingerprint density at radius 2 is 1.52 bits per heavy atom. The summed E-state index contributed by atoms with van der Waals surface area (Å²) in [4.78, 5) is 26.4. The number of nitrogens with one attached hydrogen (secondary N) is 1. The van der Waals surface area contributed by atoms with Crippen LogP contribution < -0.4 is 10.2 Å². The van der Waals surface area contributed by atoms with Gasteiger partial charge in [-0.3, -0.25) is 14.9 Å². The first-order valence-electron chi connectivity index (χ1n) is 13.1. The summed E-state index contributed by atoms with van der Waals surface area (Å²) in [5, 5.41) is 14.0. The van der Waals surface area contributed by atoms with Crippen molar-refractivity contribution >= 4 is 23.0 Å². The standard InChI is InChI=1S/C27H30F6N4O3/c28-26(29,30)19-4-9-22(10-5-19)35-13-15-36(16-14-35)25(38)12-3-18-1-6-20(7-2-18)34-21-8-11-24(37(39)40)23(17-21)27(31,32)33/h4-5,8-11,17-18,20,34H,1-3,6-7,12-16H2/t18-,20-. The average molecular weight is 573 g/mol. The van der Waals surface area contributed by atoms with Gasteiger partial charge >= 0.3 is 12.4 Å². The Labute approximate surface area is 227 Å². The third kappa shape index (κ3) is 7.36. The summed E-state index contributed by atoms with van der Waals surface area (Å²) in [6, 6.07) is 7.88. The normalized spacial score (nSPS) is 20.4. The maximum Gasteiger partial charge on any atom is 0.423 e. The van der Waals surface area contributed by atoms with Crippen molar-refractivity contribution in [1.29, 1.82) is 0 Å². The Morgan fingerprint density at radius 1 is 0.900 bits per heavy atom. The molecule has 218 valence electrons. The molecule has 0 unspecified atom stereocenters. The van der Waals surface area contributed by atoms with E-state index in [0.717, 1.165) is 37.1 Å². The molecule has 0 atom stereocenters. The highest BCUT2D eigenvalue weighted by Gasteiger charge is 2.38. The molecule has 1 N–H and O–H groups in total. The first-order valence-corrected chi connectivity index (χ1v) is 13.1. The van der Waals surface area contributed by atoms with E-state index in [-0.39, 0.29) is 17.6 Å². The minimum Gasteiger partial charge on any atom is -0.382 e. The van der Waals surface area contributed by atoms with Gasteiger partial charge in [0.05, 0.1) is 10.5 Å². The molecule has 2 aliphatic rings. The van der Waals surface area contributed by atoms with Gasteiger partial charge in [0.2, 0.25) is 5.91 Å². The molecule has 1 saturated carbocycles. The number of nitrogens with zero attached hydrogens (tertiary/aromatic N) is 3. The molecule has 4 rings (SSSR count). The van der Waals surface area contributed by atoms with Crippen LogP contribution in [0.2, 0.25) is 0 Å². The number of carbonyl (C=O) groups is 1. The summed E-state index contributed by atoms with van der Waals surface area (Å²) in [7, 11) is 0. The van der Waals surface area contributed by atoms with Crippen molar-refractivity contribution in [1.82, 2.24) is 4.90 Å². The van der Waals surface area contributed by atoms with E-state index in [4.69, 9.17) is 0 Å². The largest absolute Gasteiger partial charge is 0.423 e. The molecule has 0 aromatic heterocycles. The lowest BCUT2D eigenvalue weighted by atomic mass is 9.83. The van der Waals surface area contributed by atoms with Gasteiger partial charge in [0.1, 0.15) is 5.56 Å². The zero-order valence-electron chi connectivity index (χ0n) is 21.6. The quantitative estimate of drug-likeness (QED) is 0.226. The van der Waals surface area contributed by atoms with Crippen molar-refractivity contribution in [3.63, 3.8) is 0 Å². The molecule has 2 fully saturated rings. The highest BCUT2D eigenvalue weighted by Crippen LogP contribution is 2.38. The number of alkyl halides is 6. The Kier molecular flexibility index (Phi) is 8.79. The van der Waals surface area contributed by atoms with Gasteiger partial charge in [-0.05, 0) is 74.4 Å². The molecule has 13 heteroatoms. The van der Waals surface area contributed by atoms with Crippen LogP contribution in [0.3, 0.4) is 0 Å². The minimum atomic E-state index is -4.83. The molecule has 2 aromatic rings. The van der Waals surface area contributed by atoms with Crippen molar-refractivity contribution in [3.05, 3.63) is 63.7 Å². The number of halogens is 6. The molecule has 0 radical (unpaired) electrons. The van der Waals surface area contributed by atoms with Crippen LogP contribution in [0.15, 0.2) is 42.5 Å². The summed E-state index contributed by atoms with van der Waals surface area (Å²) in [5.41, 5.74) is -2.08. The maximum absolute atomic E-state index is 13.2. The highest BCUT2D eigenvalue weighted by atomic mass is 19.4. The Balaban J connectivity index is 1.19. The van der Waals surface area contributed by atoms with Crippen molar-refractivity contribution in [3.8, 4) is 0 Å². The number of amides is 1. The minimum absolute atomic E-state index is 0.0397. The van der Waals surface area contributed by atoms with Gasteiger partial charge in [-0.1, -0.05) is 0 Å². The monoisotopic (exact) mass is 572 g/mol. The van der Waals surface area contributed by atoms with E-state index in [9.17, 15) is 41.3 Å². The fourth-order valence-corrected chi connectivity index (χ4v) is 5.40. The maximum atomic E-state index is 13.2. The van der Waals surface area contributed by atoms with Crippen LogP contribution in [0.4, 0.5) is 43.4 Å². The van der Waals surface area contributed by atoms with Crippen LogP contribution in [-0.2, 0) is 17.1 Å². The topological polar surface area (TPSA) is 78.7 Å². The van der Waals surface area contributed by atoms with E-state index in [2.05, 4.69) is 5.32 Å². The zero-order chi connectivity index (χ0) is 29.1. The SMILES string of the molecule is O=C(CC[C@H]1CC[C@H](Nc2ccc([N+](=O)[O-])c(C(F)(F)F)c2)CC1)N1CCN(c2ccc(C(F)(F)F)cc2)CC1. The smallest absolute Gasteiger partial charge is 0.382 e. The van der Waals surface area contributed by atoms with Gasteiger partial charge in [-0.25, -0.2) is 0 Å². The number of hydrogen-bond acceptors (Lipinski definition) is 5. The van der Waals surface area contributed by atoms with Crippen LogP contribution in [0.1, 0.15) is 49.7 Å². The van der Waals surface area contributed by atoms with Gasteiger partial charge in [-0.2, -0.15) is 26.3 Å². The van der Waals surface area contributed by atoms with Crippen molar-refractivity contribution < 1.29 is 36.1 Å². The van der Waals surface area contributed by atoms with Gasteiger partial charge in [0.15, 0.2) is 0 Å². The summed E-state index contributed by atoms with van der Waals surface area (Å²) < 4.78 is 78.1. The third-order valence-electron chi connectivity index (χ3n) is 7.67. The second-order valence-electron chi connectivity index (χ2n) is 10.3. The molecule has 1 saturated heterocycles. The fraction of sp³-hybridized carbons (Fsp3) is 0.519. The molecular weight excluding hydrogens is 542 g/mol. The van der Waals surface area contributed by atoms with Crippen LogP contribution in [0, 0.1) is 16.0 Å². The number of hydrogen-bond donors (Lipinski definition) is 1. The molecule has 0 spiro atoms. The van der Waals surface area contributed by atoms with Crippen LogP contribution in [-0.4, -0.2) is 48.0 Å². The van der Waals surface area contributed by atoms with Gasteiger partial charge in [-0.15, -0.1) is 0 Å². The van der Waals surface area contributed by atoms with E-state index in [0.29, 0.717) is 63.5 Å². The van der Waals surface area contributed by atoms with Crippen molar-refractivity contribution in [2.75, 3.05) is 36.4 Å². The predicted octanol–water partition coefficient (Wildman–Crippen LogP) is 6.73. The van der Waals surface area contributed by atoms with Crippen molar-refractivity contribution in [2.24, 2.45) is 5.92 Å². The number of nitro benzene ring substituents is 1. The lowest BCUT2D eigenvalue weighted by Gasteiger charge is -2.36. The first-order chi connectivity index (χ1) is 18.8. The second kappa shape index (κ2) is 11.9. The molecule has 40 heavy (non-hydrogen) atoms. The first kappa shape index (κ1) is 29.5. The Hall–Kier alpha value is -3.51. The summed E-state index contributed by atoms with van der Waals surface area (Å²) >= 11 is 0. The molecule has 1 aliphatic carbocycles. The van der Waals surface area contributed by atoms with Crippen LogP contribution in [0.25, 0.3) is 0 Å². The molecule has 1 amide bonds. The zero-order valence-corrected chi connectivity index (χ0v) is 21.6. The van der Waals surface area contributed by atoms with E-state index in [1.807, 2.05) is 4.90 Å². The second-order valence-corrected chi connectivity index (χ2v) is 10.3. The predicted molar refractivity (Wildman–Crippen MR) is 137 cm³/mol. The average Bonchev–Trinajstić information content (AvgIpc) is 2.91. The number of rotatable bonds is 7. The van der Waals surface area contributed by atoms with Gasteiger partial charge in [0.25, 0.3) is 5.69 Å². The summed E-state index contributed by atoms with van der Waals surface area (Å²) in [6.07, 6.45) is -5.07. The summed E-state index contributed by atoms with van der Waals surface area (Å²) in [5.74, 6) is 0.357. The number of carbonyl (C=O) groups excluding carboxylic acids is 1. The number of piperazine rings is 1. The highest BCUT2D eigenvalue weighted by molar-refractivity contribution is 5.76. The number of benzene rings is 2. The van der Waals surface area contributed by atoms with Crippen molar-refractivity contribution in [2.45, 2.75) is 56.9 Å².